The number of aromatic nitrogens is 3. The highest BCUT2D eigenvalue weighted by Gasteiger charge is 2.12. The standard InChI is InChI=1S/C15H13ClN4O2/c1-9-7-12(19-14-5-6-17-20(9)14)15(21)18-10-3-4-13(22-2)11(16)8-10/h3-8H,1-2H3,(H,18,21). The molecule has 0 saturated heterocycles. The number of aryl methyl sites for hydroxylation is 1. The molecular weight excluding hydrogens is 304 g/mol. The predicted octanol–water partition coefficient (Wildman–Crippen LogP) is 2.95. The van der Waals surface area contributed by atoms with Crippen LogP contribution in [-0.4, -0.2) is 27.6 Å². The Morgan fingerprint density at radius 1 is 1.32 bits per heavy atom. The molecule has 0 atom stereocenters. The molecule has 2 aromatic heterocycles. The Hall–Kier alpha value is -2.60. The van der Waals surface area contributed by atoms with Gasteiger partial charge in [0.1, 0.15) is 11.4 Å². The second kappa shape index (κ2) is 5.65. The number of halogens is 1. The van der Waals surface area contributed by atoms with Crippen molar-refractivity contribution in [2.75, 3.05) is 12.4 Å². The van der Waals surface area contributed by atoms with Crippen LogP contribution in [0.5, 0.6) is 5.75 Å². The second-order valence-electron chi connectivity index (χ2n) is 4.69. The maximum Gasteiger partial charge on any atom is 0.274 e. The maximum atomic E-state index is 12.3. The van der Waals surface area contributed by atoms with Crippen molar-refractivity contribution >= 4 is 28.8 Å². The highest BCUT2D eigenvalue weighted by atomic mass is 35.5. The molecule has 0 radical (unpaired) electrons. The number of hydrogen-bond acceptors (Lipinski definition) is 4. The lowest BCUT2D eigenvalue weighted by molar-refractivity contribution is 0.102. The monoisotopic (exact) mass is 316 g/mol. The number of carbonyl (C=O) groups is 1. The fourth-order valence-corrected chi connectivity index (χ4v) is 2.38. The van der Waals surface area contributed by atoms with Gasteiger partial charge >= 0.3 is 0 Å². The van der Waals surface area contributed by atoms with Gasteiger partial charge in [-0.05, 0) is 31.2 Å². The first kappa shape index (κ1) is 14.3. The van der Waals surface area contributed by atoms with Crippen LogP contribution in [0.4, 0.5) is 5.69 Å². The molecule has 1 aromatic carbocycles. The van der Waals surface area contributed by atoms with Gasteiger partial charge in [-0.3, -0.25) is 4.79 Å². The van der Waals surface area contributed by atoms with Crippen LogP contribution in [-0.2, 0) is 0 Å². The number of fused-ring (bicyclic) bond motifs is 1. The number of amides is 1. The molecule has 0 aliphatic rings. The van der Waals surface area contributed by atoms with Crippen LogP contribution in [0, 0.1) is 6.92 Å². The lowest BCUT2D eigenvalue weighted by Crippen LogP contribution is -2.15. The number of hydrogen-bond donors (Lipinski definition) is 1. The van der Waals surface area contributed by atoms with Gasteiger partial charge in [0.25, 0.3) is 5.91 Å². The Bertz CT molecular complexity index is 860. The summed E-state index contributed by atoms with van der Waals surface area (Å²) in [5.41, 5.74) is 2.34. The van der Waals surface area contributed by atoms with E-state index in [0.717, 1.165) is 5.69 Å². The molecule has 0 spiro atoms. The Kier molecular flexibility index (Phi) is 3.68. The Balaban J connectivity index is 1.88. The number of carbonyl (C=O) groups excluding carboxylic acids is 1. The summed E-state index contributed by atoms with van der Waals surface area (Å²) < 4.78 is 6.75. The van der Waals surface area contributed by atoms with Crippen molar-refractivity contribution in [3.05, 3.63) is 52.9 Å². The van der Waals surface area contributed by atoms with Crippen LogP contribution in [0.3, 0.4) is 0 Å². The van der Waals surface area contributed by atoms with Crippen LogP contribution in [0.1, 0.15) is 16.2 Å². The number of ether oxygens (including phenoxy) is 1. The molecule has 112 valence electrons. The van der Waals surface area contributed by atoms with Gasteiger partial charge in [0.05, 0.1) is 18.3 Å². The molecular formula is C15H13ClN4O2. The first-order chi connectivity index (χ1) is 10.6. The van der Waals surface area contributed by atoms with Crippen molar-refractivity contribution in [3.63, 3.8) is 0 Å². The zero-order valence-corrected chi connectivity index (χ0v) is 12.8. The van der Waals surface area contributed by atoms with Crippen LogP contribution in [0.15, 0.2) is 36.5 Å². The average Bonchev–Trinajstić information content (AvgIpc) is 2.96. The Morgan fingerprint density at radius 2 is 2.14 bits per heavy atom. The molecule has 22 heavy (non-hydrogen) atoms. The first-order valence-electron chi connectivity index (χ1n) is 6.55. The van der Waals surface area contributed by atoms with E-state index in [2.05, 4.69) is 15.4 Å². The molecule has 6 nitrogen and oxygen atoms in total. The summed E-state index contributed by atoms with van der Waals surface area (Å²) in [7, 11) is 1.53. The average molecular weight is 317 g/mol. The fourth-order valence-electron chi connectivity index (χ4n) is 2.12. The van der Waals surface area contributed by atoms with Crippen molar-refractivity contribution in [3.8, 4) is 5.75 Å². The van der Waals surface area contributed by atoms with Crippen molar-refractivity contribution in [2.45, 2.75) is 6.92 Å². The zero-order valence-electron chi connectivity index (χ0n) is 12.0. The number of anilines is 1. The number of methoxy groups -OCH3 is 1. The van der Waals surface area contributed by atoms with Crippen LogP contribution < -0.4 is 10.1 Å². The normalized spacial score (nSPS) is 10.7. The smallest absolute Gasteiger partial charge is 0.274 e. The predicted molar refractivity (Wildman–Crippen MR) is 83.7 cm³/mol. The minimum absolute atomic E-state index is 0.312. The molecule has 0 saturated carbocycles. The summed E-state index contributed by atoms with van der Waals surface area (Å²) in [6.45, 7) is 1.86. The van der Waals surface area contributed by atoms with Gasteiger partial charge in [0, 0.05) is 17.4 Å². The molecule has 1 amide bonds. The van der Waals surface area contributed by atoms with Crippen LogP contribution >= 0.6 is 11.6 Å². The van der Waals surface area contributed by atoms with Crippen LogP contribution in [0.2, 0.25) is 5.02 Å². The maximum absolute atomic E-state index is 12.3. The van der Waals surface area contributed by atoms with Gasteiger partial charge in [-0.2, -0.15) is 5.10 Å². The minimum atomic E-state index is -0.312. The van der Waals surface area contributed by atoms with Crippen LogP contribution in [0.25, 0.3) is 5.65 Å². The van der Waals surface area contributed by atoms with E-state index in [1.54, 1.807) is 41.0 Å². The van der Waals surface area contributed by atoms with E-state index in [9.17, 15) is 4.79 Å². The molecule has 2 heterocycles. The van der Waals surface area contributed by atoms with E-state index < -0.39 is 0 Å². The molecule has 0 aliphatic carbocycles. The number of nitrogens with one attached hydrogen (secondary N) is 1. The summed E-state index contributed by atoms with van der Waals surface area (Å²) in [5.74, 6) is 0.238. The topological polar surface area (TPSA) is 68.5 Å². The summed E-state index contributed by atoms with van der Waals surface area (Å²) in [5, 5.41) is 7.31. The van der Waals surface area contributed by atoms with E-state index in [1.165, 1.54) is 7.11 Å². The lowest BCUT2D eigenvalue weighted by Gasteiger charge is -2.08. The summed E-state index contributed by atoms with van der Waals surface area (Å²) in [6.07, 6.45) is 1.64. The second-order valence-corrected chi connectivity index (χ2v) is 5.09. The summed E-state index contributed by atoms with van der Waals surface area (Å²) in [6, 6.07) is 8.46. The summed E-state index contributed by atoms with van der Waals surface area (Å²) >= 11 is 6.04. The van der Waals surface area contributed by atoms with E-state index in [1.807, 2.05) is 6.92 Å². The Labute approximate surface area is 131 Å². The number of rotatable bonds is 3. The summed E-state index contributed by atoms with van der Waals surface area (Å²) in [4.78, 5) is 16.6. The highest BCUT2D eigenvalue weighted by Crippen LogP contribution is 2.27. The molecule has 0 bridgehead atoms. The van der Waals surface area contributed by atoms with Gasteiger partial charge < -0.3 is 10.1 Å². The third-order valence-corrected chi connectivity index (χ3v) is 3.48. The molecule has 0 fully saturated rings. The van der Waals surface area contributed by atoms with Crippen molar-refractivity contribution in [1.29, 1.82) is 0 Å². The SMILES string of the molecule is COc1ccc(NC(=O)c2cc(C)n3nccc3n2)cc1Cl. The van der Waals surface area contributed by atoms with E-state index in [-0.39, 0.29) is 5.91 Å². The van der Waals surface area contributed by atoms with Crippen molar-refractivity contribution in [2.24, 2.45) is 0 Å². The van der Waals surface area contributed by atoms with E-state index >= 15 is 0 Å². The third kappa shape index (κ3) is 2.60. The van der Waals surface area contributed by atoms with Gasteiger partial charge in [0.15, 0.2) is 5.65 Å². The first-order valence-corrected chi connectivity index (χ1v) is 6.92. The molecule has 3 aromatic rings. The molecule has 0 aliphatic heterocycles. The van der Waals surface area contributed by atoms with Crippen molar-refractivity contribution in [1.82, 2.24) is 14.6 Å². The number of benzene rings is 1. The third-order valence-electron chi connectivity index (χ3n) is 3.18. The van der Waals surface area contributed by atoms with Gasteiger partial charge in [-0.15, -0.1) is 0 Å². The molecule has 7 heteroatoms. The van der Waals surface area contributed by atoms with E-state index in [0.29, 0.717) is 27.8 Å². The lowest BCUT2D eigenvalue weighted by atomic mass is 10.2. The van der Waals surface area contributed by atoms with E-state index in [4.69, 9.17) is 16.3 Å². The molecule has 1 N–H and O–H groups in total. The zero-order chi connectivity index (χ0) is 15.7. The number of nitrogens with zero attached hydrogens (tertiary/aromatic N) is 3. The molecule has 0 unspecified atom stereocenters. The quantitative estimate of drug-likeness (QED) is 0.806. The van der Waals surface area contributed by atoms with Gasteiger partial charge in [-0.1, -0.05) is 11.6 Å². The largest absolute Gasteiger partial charge is 0.495 e. The molecule has 3 rings (SSSR count). The fraction of sp³-hybridized carbons (Fsp3) is 0.133. The highest BCUT2D eigenvalue weighted by molar-refractivity contribution is 6.32. The van der Waals surface area contributed by atoms with Gasteiger partial charge in [0.2, 0.25) is 0 Å². The Morgan fingerprint density at radius 3 is 2.86 bits per heavy atom. The minimum Gasteiger partial charge on any atom is -0.495 e. The van der Waals surface area contributed by atoms with Crippen molar-refractivity contribution < 1.29 is 9.53 Å². The van der Waals surface area contributed by atoms with Gasteiger partial charge in [-0.25, -0.2) is 9.50 Å².